The minimum Gasteiger partial charge on any atom is -0.360 e. The van der Waals surface area contributed by atoms with Crippen molar-refractivity contribution in [3.05, 3.63) is 30.1 Å². The number of halogens is 1. The first-order valence-corrected chi connectivity index (χ1v) is 8.52. The van der Waals surface area contributed by atoms with Crippen LogP contribution in [-0.2, 0) is 9.59 Å². The number of hydrogen-bond donors (Lipinski definition) is 1. The molecule has 3 rings (SSSR count). The maximum Gasteiger partial charge on any atom is 0.338 e. The van der Waals surface area contributed by atoms with Crippen LogP contribution in [0.4, 0.5) is 14.9 Å². The number of urea groups is 1. The molecule has 1 N–H and O–H groups in total. The molecule has 0 spiro atoms. The Kier molecular flexibility index (Phi) is 4.98. The summed E-state index contributed by atoms with van der Waals surface area (Å²) < 4.78 is 13.0. The molecular formula is C17H22FN4O3+. The lowest BCUT2D eigenvalue weighted by Crippen LogP contribution is -3.16. The van der Waals surface area contributed by atoms with Crippen LogP contribution < -0.4 is 9.80 Å². The van der Waals surface area contributed by atoms with Crippen molar-refractivity contribution in [2.45, 2.75) is 13.3 Å². The molecule has 8 heteroatoms. The van der Waals surface area contributed by atoms with E-state index in [2.05, 4.69) is 4.90 Å². The van der Waals surface area contributed by atoms with Crippen LogP contribution in [0.3, 0.4) is 0 Å². The van der Waals surface area contributed by atoms with Gasteiger partial charge in [-0.1, -0.05) is 6.92 Å². The molecule has 1 aromatic carbocycles. The van der Waals surface area contributed by atoms with E-state index in [0.29, 0.717) is 6.42 Å². The van der Waals surface area contributed by atoms with E-state index in [9.17, 15) is 18.8 Å². The smallest absolute Gasteiger partial charge is 0.338 e. The summed E-state index contributed by atoms with van der Waals surface area (Å²) in [5, 5.41) is 0. The molecule has 2 aliphatic rings. The summed E-state index contributed by atoms with van der Waals surface area (Å²) in [5.41, 5.74) is 0.957. The molecule has 134 valence electrons. The van der Waals surface area contributed by atoms with E-state index in [0.717, 1.165) is 46.6 Å². The van der Waals surface area contributed by atoms with E-state index in [1.165, 1.54) is 12.1 Å². The largest absolute Gasteiger partial charge is 0.360 e. The maximum atomic E-state index is 13.0. The zero-order valence-electron chi connectivity index (χ0n) is 14.2. The van der Waals surface area contributed by atoms with Crippen LogP contribution in [0.1, 0.15) is 13.3 Å². The standard InChI is InChI=1S/C17H21FN4O3/c1-2-7-21-15(23)16(24)22(17(21)25)12-19-8-10-20(11-9-19)14-5-3-13(18)4-6-14/h3-6H,2,7-12H2,1H3/p+1. The number of quaternary nitrogens is 1. The van der Waals surface area contributed by atoms with E-state index in [4.69, 9.17) is 0 Å². The highest BCUT2D eigenvalue weighted by molar-refractivity contribution is 6.44. The van der Waals surface area contributed by atoms with E-state index >= 15 is 0 Å². The fourth-order valence-electron chi connectivity index (χ4n) is 3.23. The highest BCUT2D eigenvalue weighted by atomic mass is 19.1. The molecule has 2 saturated heterocycles. The lowest BCUT2D eigenvalue weighted by molar-refractivity contribution is -0.907. The Morgan fingerprint density at radius 1 is 1.00 bits per heavy atom. The van der Waals surface area contributed by atoms with Gasteiger partial charge < -0.3 is 9.80 Å². The van der Waals surface area contributed by atoms with Crippen LogP contribution in [0.25, 0.3) is 0 Å². The van der Waals surface area contributed by atoms with Gasteiger partial charge in [0.25, 0.3) is 0 Å². The second kappa shape index (κ2) is 7.18. The summed E-state index contributed by atoms with van der Waals surface area (Å²) in [6, 6.07) is 5.85. The summed E-state index contributed by atoms with van der Waals surface area (Å²) in [6.45, 7) is 5.28. The van der Waals surface area contributed by atoms with Crippen molar-refractivity contribution >= 4 is 23.5 Å². The molecule has 0 radical (unpaired) electrons. The monoisotopic (exact) mass is 349 g/mol. The molecule has 2 fully saturated rings. The minimum absolute atomic E-state index is 0.209. The van der Waals surface area contributed by atoms with Gasteiger partial charge in [0.2, 0.25) is 0 Å². The van der Waals surface area contributed by atoms with Crippen molar-refractivity contribution in [2.24, 2.45) is 0 Å². The molecule has 0 saturated carbocycles. The Hall–Kier alpha value is -2.48. The number of nitrogens with one attached hydrogen (secondary N) is 1. The van der Waals surface area contributed by atoms with Crippen LogP contribution in [0.5, 0.6) is 0 Å². The number of amides is 4. The second-order valence-electron chi connectivity index (χ2n) is 6.34. The number of imide groups is 2. The van der Waals surface area contributed by atoms with Crippen molar-refractivity contribution in [1.82, 2.24) is 9.80 Å². The summed E-state index contributed by atoms with van der Waals surface area (Å²) in [5.74, 6) is -1.72. The maximum absolute atomic E-state index is 13.0. The molecule has 1 aromatic rings. The number of carbonyl (C=O) groups excluding carboxylic acids is 3. The topological polar surface area (TPSA) is 65.4 Å². The Balaban J connectivity index is 1.57. The number of piperazine rings is 1. The van der Waals surface area contributed by atoms with E-state index in [1.54, 1.807) is 12.1 Å². The normalized spacial score (nSPS) is 19.3. The van der Waals surface area contributed by atoms with Gasteiger partial charge in [-0.2, -0.15) is 0 Å². The van der Waals surface area contributed by atoms with E-state index in [1.807, 2.05) is 6.92 Å². The molecule has 2 heterocycles. The van der Waals surface area contributed by atoms with Gasteiger partial charge in [0.05, 0.1) is 26.2 Å². The number of carbonyl (C=O) groups is 3. The second-order valence-corrected chi connectivity index (χ2v) is 6.34. The molecule has 0 atom stereocenters. The molecule has 0 aromatic heterocycles. The zero-order valence-corrected chi connectivity index (χ0v) is 14.2. The van der Waals surface area contributed by atoms with Crippen molar-refractivity contribution in [2.75, 3.05) is 44.3 Å². The molecule has 0 aliphatic carbocycles. The van der Waals surface area contributed by atoms with Crippen LogP contribution in [0, 0.1) is 5.82 Å². The van der Waals surface area contributed by atoms with Gasteiger partial charge in [-0.15, -0.1) is 0 Å². The number of nitrogens with zero attached hydrogens (tertiary/aromatic N) is 3. The highest BCUT2D eigenvalue weighted by Gasteiger charge is 2.45. The molecule has 0 bridgehead atoms. The number of benzene rings is 1. The van der Waals surface area contributed by atoms with Gasteiger partial charge >= 0.3 is 17.8 Å². The van der Waals surface area contributed by atoms with Gasteiger partial charge in [-0.25, -0.2) is 14.1 Å². The van der Waals surface area contributed by atoms with E-state index in [-0.39, 0.29) is 19.0 Å². The first-order chi connectivity index (χ1) is 12.0. The first-order valence-electron chi connectivity index (χ1n) is 8.52. The fraction of sp³-hybridized carbons (Fsp3) is 0.471. The van der Waals surface area contributed by atoms with Crippen molar-refractivity contribution in [3.8, 4) is 0 Å². The predicted molar refractivity (Wildman–Crippen MR) is 88.4 cm³/mol. The lowest BCUT2D eigenvalue weighted by atomic mass is 10.2. The molecule has 25 heavy (non-hydrogen) atoms. The molecular weight excluding hydrogens is 327 g/mol. The van der Waals surface area contributed by atoms with Gasteiger partial charge in [0.15, 0.2) is 6.67 Å². The van der Waals surface area contributed by atoms with Gasteiger partial charge in [-0.05, 0) is 30.7 Å². The van der Waals surface area contributed by atoms with Crippen molar-refractivity contribution < 1.29 is 23.7 Å². The molecule has 4 amide bonds. The third kappa shape index (κ3) is 3.48. The Morgan fingerprint density at radius 3 is 2.20 bits per heavy atom. The third-order valence-corrected chi connectivity index (χ3v) is 4.63. The Bertz CT molecular complexity index is 671. The van der Waals surface area contributed by atoms with Crippen LogP contribution >= 0.6 is 0 Å². The fourth-order valence-corrected chi connectivity index (χ4v) is 3.23. The zero-order chi connectivity index (χ0) is 18.0. The van der Waals surface area contributed by atoms with Gasteiger partial charge in [-0.3, -0.25) is 14.5 Å². The first kappa shape index (κ1) is 17.3. The third-order valence-electron chi connectivity index (χ3n) is 4.63. The van der Waals surface area contributed by atoms with E-state index < -0.39 is 17.8 Å². The minimum atomic E-state index is -0.730. The number of hydrogen-bond acceptors (Lipinski definition) is 4. The van der Waals surface area contributed by atoms with Crippen LogP contribution in [0.15, 0.2) is 24.3 Å². The number of rotatable bonds is 5. The van der Waals surface area contributed by atoms with Crippen molar-refractivity contribution in [1.29, 1.82) is 0 Å². The summed E-state index contributed by atoms with van der Waals surface area (Å²) in [6.07, 6.45) is 0.627. The molecule has 2 aliphatic heterocycles. The summed E-state index contributed by atoms with van der Waals surface area (Å²) in [4.78, 5) is 41.5. The van der Waals surface area contributed by atoms with Gasteiger partial charge in [0, 0.05) is 12.2 Å². The van der Waals surface area contributed by atoms with Gasteiger partial charge in [0.1, 0.15) is 5.82 Å². The average Bonchev–Trinajstić information content (AvgIpc) is 2.81. The SMILES string of the molecule is CCCN1C(=O)C(=O)N(C[NH+]2CCN(c3ccc(F)cc3)CC2)C1=O. The van der Waals surface area contributed by atoms with Crippen molar-refractivity contribution in [3.63, 3.8) is 0 Å². The summed E-state index contributed by atoms with van der Waals surface area (Å²) in [7, 11) is 0. The van der Waals surface area contributed by atoms with Crippen LogP contribution in [-0.4, -0.2) is 67.0 Å². The van der Waals surface area contributed by atoms with Crippen LogP contribution in [0.2, 0.25) is 0 Å². The Morgan fingerprint density at radius 2 is 1.60 bits per heavy atom. The lowest BCUT2D eigenvalue weighted by Gasteiger charge is -2.34. The summed E-state index contributed by atoms with van der Waals surface area (Å²) >= 11 is 0. The Labute approximate surface area is 145 Å². The number of anilines is 1. The highest BCUT2D eigenvalue weighted by Crippen LogP contribution is 2.15. The quantitative estimate of drug-likeness (QED) is 0.585. The average molecular weight is 349 g/mol. The molecule has 0 unspecified atom stereocenters. The molecule has 7 nitrogen and oxygen atoms in total. The predicted octanol–water partition coefficient (Wildman–Crippen LogP) is -0.311.